The first-order valence-electron chi connectivity index (χ1n) is 14.3. The van der Waals surface area contributed by atoms with E-state index in [1.807, 2.05) is 0 Å². The number of carbonyl (C=O) groups is 2. The molecule has 45 heavy (non-hydrogen) atoms. The lowest BCUT2D eigenvalue weighted by Gasteiger charge is -2.56. The molecule has 2 fully saturated rings. The van der Waals surface area contributed by atoms with E-state index in [0.717, 1.165) is 9.21 Å². The number of ether oxygens (including phenoxy) is 1. The van der Waals surface area contributed by atoms with Crippen LogP contribution in [0.1, 0.15) is 11.6 Å². The molecule has 15 heteroatoms. The highest BCUT2D eigenvalue weighted by molar-refractivity contribution is 7.89. The molecule has 0 bridgehead atoms. The van der Waals surface area contributed by atoms with Crippen molar-refractivity contribution in [2.75, 3.05) is 57.5 Å². The molecule has 3 aromatic rings. The third-order valence-electron chi connectivity index (χ3n) is 7.83. The molecule has 4 N–H and O–H groups in total. The van der Waals surface area contributed by atoms with E-state index >= 15 is 0 Å². The minimum atomic E-state index is -4.08. The number of nitrogens with zero attached hydrogens (tertiary/aromatic N) is 3. The molecule has 0 radical (unpaired) electrons. The van der Waals surface area contributed by atoms with Crippen molar-refractivity contribution >= 4 is 39.1 Å². The second kappa shape index (κ2) is 13.9. The van der Waals surface area contributed by atoms with Crippen molar-refractivity contribution in [1.82, 2.24) is 14.9 Å². The summed E-state index contributed by atoms with van der Waals surface area (Å²) in [6.07, 6.45) is 0. The highest BCUT2D eigenvalue weighted by atomic mass is 35.5. The maximum Gasteiger partial charge on any atom is 0.297 e. The van der Waals surface area contributed by atoms with E-state index in [1.165, 1.54) is 24.3 Å². The van der Waals surface area contributed by atoms with Crippen molar-refractivity contribution in [1.29, 1.82) is 0 Å². The number of benzene rings is 3. The fraction of sp³-hybridized carbons (Fsp3) is 0.333. The van der Waals surface area contributed by atoms with Crippen LogP contribution in [0.15, 0.2) is 77.7 Å². The summed E-state index contributed by atoms with van der Waals surface area (Å²) in [7, 11) is -4.08. The second-order valence-electron chi connectivity index (χ2n) is 10.7. The van der Waals surface area contributed by atoms with Gasteiger partial charge in [-0.3, -0.25) is 20.2 Å². The smallest absolute Gasteiger partial charge is 0.297 e. The predicted octanol–water partition coefficient (Wildman–Crippen LogP) is 1.56. The van der Waals surface area contributed by atoms with E-state index in [1.54, 1.807) is 48.5 Å². The van der Waals surface area contributed by atoms with Crippen LogP contribution in [0.5, 0.6) is 11.5 Å². The van der Waals surface area contributed by atoms with Crippen molar-refractivity contribution in [3.63, 3.8) is 0 Å². The van der Waals surface area contributed by atoms with Crippen molar-refractivity contribution in [3.8, 4) is 11.5 Å². The van der Waals surface area contributed by atoms with Gasteiger partial charge in [0.25, 0.3) is 11.8 Å². The summed E-state index contributed by atoms with van der Waals surface area (Å²) < 4.78 is 31.8. The van der Waals surface area contributed by atoms with Crippen LogP contribution < -0.4 is 20.3 Å². The SMILES string of the molecule is O=C1C[N+]([O-])(C2CNCNC2)C(c2ccc(Oc3ccc(Cl)cc3)cc2)C(=O)N1c1ccc(S(=O)(=O)N(CCO)CCO)cc1. The first-order chi connectivity index (χ1) is 21.6. The van der Waals surface area contributed by atoms with Gasteiger partial charge in [0.1, 0.15) is 17.5 Å². The number of amides is 2. The number of nitrogens with one attached hydrogen (secondary N) is 2. The zero-order valence-electron chi connectivity index (χ0n) is 24.2. The number of hydrogen-bond donors (Lipinski definition) is 4. The Kier molecular flexibility index (Phi) is 10.2. The molecular weight excluding hydrogens is 626 g/mol. The summed E-state index contributed by atoms with van der Waals surface area (Å²) in [5.41, 5.74) is 0.503. The maximum absolute atomic E-state index is 14.6. The molecule has 2 atom stereocenters. The summed E-state index contributed by atoms with van der Waals surface area (Å²) >= 11 is 5.95. The Morgan fingerprint density at radius 2 is 1.47 bits per heavy atom. The second-order valence-corrected chi connectivity index (χ2v) is 13.1. The van der Waals surface area contributed by atoms with Crippen LogP contribution in [0, 0.1) is 5.21 Å². The van der Waals surface area contributed by atoms with Crippen LogP contribution in [0.2, 0.25) is 5.02 Å². The molecule has 2 amide bonds. The molecule has 0 aromatic heterocycles. The van der Waals surface area contributed by atoms with Crippen molar-refractivity contribution in [3.05, 3.63) is 88.6 Å². The van der Waals surface area contributed by atoms with Gasteiger partial charge < -0.3 is 24.8 Å². The summed E-state index contributed by atoms with van der Waals surface area (Å²) in [6, 6.07) is 16.5. The highest BCUT2D eigenvalue weighted by Gasteiger charge is 2.52. The number of halogens is 1. The quantitative estimate of drug-likeness (QED) is 0.135. The van der Waals surface area contributed by atoms with E-state index in [4.69, 9.17) is 16.3 Å². The predicted molar refractivity (Wildman–Crippen MR) is 166 cm³/mol. The van der Waals surface area contributed by atoms with Gasteiger partial charge in [0, 0.05) is 30.3 Å². The first-order valence-corrected chi connectivity index (χ1v) is 16.1. The molecule has 240 valence electrons. The lowest BCUT2D eigenvalue weighted by Crippen LogP contribution is -2.71. The zero-order valence-corrected chi connectivity index (χ0v) is 25.8. The van der Waals surface area contributed by atoms with E-state index in [-0.39, 0.29) is 23.7 Å². The Morgan fingerprint density at radius 1 is 0.911 bits per heavy atom. The summed E-state index contributed by atoms with van der Waals surface area (Å²) in [5.74, 6) is -0.434. The minimum absolute atomic E-state index is 0.110. The van der Waals surface area contributed by atoms with Gasteiger partial charge in [-0.1, -0.05) is 11.6 Å². The van der Waals surface area contributed by atoms with Crippen LogP contribution in [-0.2, 0) is 19.6 Å². The number of rotatable bonds is 11. The molecule has 2 unspecified atom stereocenters. The molecule has 13 nitrogen and oxygen atoms in total. The number of hydrogen-bond acceptors (Lipinski definition) is 10. The van der Waals surface area contributed by atoms with E-state index < -0.39 is 58.3 Å². The largest absolute Gasteiger partial charge is 0.631 e. The third kappa shape index (κ3) is 6.89. The monoisotopic (exact) mass is 659 g/mol. The molecule has 2 saturated heterocycles. The highest BCUT2D eigenvalue weighted by Crippen LogP contribution is 2.39. The van der Waals surface area contributed by atoms with Crippen molar-refractivity contribution < 1.29 is 37.6 Å². The Morgan fingerprint density at radius 3 is 2.02 bits per heavy atom. The van der Waals surface area contributed by atoms with E-state index in [0.29, 0.717) is 41.8 Å². The van der Waals surface area contributed by atoms with Crippen LogP contribution in [0.4, 0.5) is 5.69 Å². The fourth-order valence-electron chi connectivity index (χ4n) is 5.61. The number of carbonyl (C=O) groups excluding carboxylic acids is 2. The molecule has 2 aliphatic rings. The number of aliphatic hydroxyl groups is 2. The van der Waals surface area contributed by atoms with E-state index in [9.17, 15) is 33.4 Å². The number of sulfonamides is 1. The molecule has 0 aliphatic carbocycles. The average molecular weight is 660 g/mol. The lowest BCUT2D eigenvalue weighted by molar-refractivity contribution is -0.918. The van der Waals surface area contributed by atoms with Crippen LogP contribution in [-0.4, -0.2) is 98.0 Å². The van der Waals surface area contributed by atoms with Gasteiger partial charge in [-0.15, -0.1) is 0 Å². The fourth-order valence-corrected chi connectivity index (χ4v) is 7.16. The molecule has 0 spiro atoms. The maximum atomic E-state index is 14.6. The Labute approximate surface area is 265 Å². The average Bonchev–Trinajstić information content (AvgIpc) is 3.03. The molecule has 3 aromatic carbocycles. The van der Waals surface area contributed by atoms with Gasteiger partial charge in [-0.25, -0.2) is 13.3 Å². The van der Waals surface area contributed by atoms with Crippen LogP contribution in [0.25, 0.3) is 0 Å². The number of aliphatic hydroxyl groups excluding tert-OH is 2. The van der Waals surface area contributed by atoms with E-state index in [2.05, 4.69) is 10.6 Å². The summed E-state index contributed by atoms with van der Waals surface area (Å²) in [6.45, 7) is -0.730. The van der Waals surface area contributed by atoms with Crippen LogP contribution in [0.3, 0.4) is 0 Å². The molecule has 5 rings (SSSR count). The van der Waals surface area contributed by atoms with Gasteiger partial charge in [0.2, 0.25) is 10.0 Å². The Bertz CT molecular complexity index is 1600. The van der Waals surface area contributed by atoms with Gasteiger partial charge in [0.15, 0.2) is 12.6 Å². The normalized spacial score (nSPS) is 21.4. The number of imide groups is 1. The Hall–Kier alpha value is -3.44. The number of piperazine rings is 1. The summed E-state index contributed by atoms with van der Waals surface area (Å²) in [5, 5.41) is 39.9. The number of anilines is 1. The molecular formula is C30H34ClN5O8S. The minimum Gasteiger partial charge on any atom is -0.631 e. The lowest BCUT2D eigenvalue weighted by atomic mass is 9.96. The van der Waals surface area contributed by atoms with Crippen molar-refractivity contribution in [2.24, 2.45) is 0 Å². The van der Waals surface area contributed by atoms with Gasteiger partial charge in [-0.05, 0) is 72.8 Å². The van der Waals surface area contributed by atoms with Gasteiger partial charge >= 0.3 is 0 Å². The van der Waals surface area contributed by atoms with Gasteiger partial charge in [-0.2, -0.15) is 4.31 Å². The first kappa shape index (κ1) is 32.9. The number of hydroxylamine groups is 3. The molecule has 0 saturated carbocycles. The molecule has 2 aliphatic heterocycles. The van der Waals surface area contributed by atoms with Gasteiger partial charge in [0.05, 0.1) is 36.9 Å². The number of quaternary nitrogens is 1. The third-order valence-corrected chi connectivity index (χ3v) is 9.99. The zero-order chi connectivity index (χ0) is 32.2. The van der Waals surface area contributed by atoms with Crippen molar-refractivity contribution in [2.45, 2.75) is 17.0 Å². The topological polar surface area (TPSA) is 172 Å². The standard InChI is InChI=1S/C30H34ClN5O8S/c31-22-3-9-26(10-4-22)44-25-7-1-21(2-8-25)29-30(40)35(28(39)19-36(29,41)24-17-32-20-33-18-24)23-5-11-27(12-6-23)45(42,43)34(13-15-37)14-16-38/h1-12,24,29,32-33,37-38H,13-20H2. The van der Waals surface area contributed by atoms with Crippen LogP contribution >= 0.6 is 11.6 Å². The Balaban J connectivity index is 1.46. The summed E-state index contributed by atoms with van der Waals surface area (Å²) in [4.78, 5) is 28.5. The molecule has 2 heterocycles.